The van der Waals surface area contributed by atoms with Gasteiger partial charge in [-0.3, -0.25) is 9.59 Å². The molecule has 0 aliphatic rings. The minimum Gasteiger partial charge on any atom is -0.481 e. The molecule has 0 fully saturated rings. The topological polar surface area (TPSA) is 123 Å². The number of aryl methyl sites for hydroxylation is 1. The number of nitrogens with one attached hydrogen (secondary N) is 1. The summed E-state index contributed by atoms with van der Waals surface area (Å²) in [6.07, 6.45) is 1.17. The van der Waals surface area contributed by atoms with Crippen molar-refractivity contribution in [2.75, 3.05) is 5.32 Å². The van der Waals surface area contributed by atoms with E-state index in [4.69, 9.17) is 9.63 Å². The molecule has 100 valence electrons. The number of carbonyl (C=O) groups is 2. The van der Waals surface area contributed by atoms with Gasteiger partial charge in [-0.05, 0) is 6.92 Å². The minimum atomic E-state index is -1.01. The van der Waals surface area contributed by atoms with Gasteiger partial charge in [-0.15, -0.1) is 5.10 Å². The van der Waals surface area contributed by atoms with Gasteiger partial charge in [-0.2, -0.15) is 0 Å². The molecule has 0 aliphatic carbocycles. The van der Waals surface area contributed by atoms with Crippen molar-refractivity contribution in [2.24, 2.45) is 0 Å². The maximum absolute atomic E-state index is 11.6. The number of amides is 1. The van der Waals surface area contributed by atoms with Crippen LogP contribution >= 0.6 is 0 Å². The highest BCUT2D eigenvalue weighted by Crippen LogP contribution is 2.06. The summed E-state index contributed by atoms with van der Waals surface area (Å²) in [6, 6.07) is 1.58. The predicted octanol–water partition coefficient (Wildman–Crippen LogP) is -0.160. The molecule has 0 saturated carbocycles. The fraction of sp³-hybridized carbons (Fsp3) is 0.300. The van der Waals surface area contributed by atoms with Crippen LogP contribution in [-0.2, 0) is 22.6 Å². The average Bonchev–Trinajstić information content (AvgIpc) is 2.88. The molecule has 2 aromatic rings. The van der Waals surface area contributed by atoms with Crippen molar-refractivity contribution in [1.82, 2.24) is 20.2 Å². The van der Waals surface area contributed by atoms with Crippen LogP contribution in [0.25, 0.3) is 0 Å². The van der Waals surface area contributed by atoms with Crippen LogP contribution in [0.15, 0.2) is 16.8 Å². The monoisotopic (exact) mass is 265 g/mol. The summed E-state index contributed by atoms with van der Waals surface area (Å²) in [5, 5.41) is 22.0. The second-order valence-corrected chi connectivity index (χ2v) is 3.85. The van der Waals surface area contributed by atoms with Crippen molar-refractivity contribution in [1.29, 1.82) is 0 Å². The first kappa shape index (κ1) is 12.7. The summed E-state index contributed by atoms with van der Waals surface area (Å²) >= 11 is 0. The van der Waals surface area contributed by atoms with E-state index in [1.54, 1.807) is 13.0 Å². The molecule has 2 heterocycles. The van der Waals surface area contributed by atoms with E-state index in [2.05, 4.69) is 20.8 Å². The second-order valence-electron chi connectivity index (χ2n) is 3.85. The van der Waals surface area contributed by atoms with Crippen LogP contribution in [0.4, 0.5) is 5.82 Å². The standard InChI is InChI=1S/C10H11N5O4/c1-6-2-8(13-19-6)11-9(16)5-15-4-7(12-14-15)3-10(17)18/h2,4H,3,5H2,1H3,(H,17,18)(H,11,13,16). The van der Waals surface area contributed by atoms with Crippen LogP contribution in [0.3, 0.4) is 0 Å². The first-order valence-corrected chi connectivity index (χ1v) is 5.37. The zero-order chi connectivity index (χ0) is 13.8. The van der Waals surface area contributed by atoms with E-state index in [-0.39, 0.29) is 24.6 Å². The number of aliphatic carboxylic acids is 1. The molecule has 0 aromatic carbocycles. The van der Waals surface area contributed by atoms with Gasteiger partial charge in [0.05, 0.1) is 12.1 Å². The van der Waals surface area contributed by atoms with E-state index in [1.807, 2.05) is 0 Å². The zero-order valence-corrected chi connectivity index (χ0v) is 10.0. The van der Waals surface area contributed by atoms with Gasteiger partial charge in [0.25, 0.3) is 0 Å². The van der Waals surface area contributed by atoms with Crippen LogP contribution in [0, 0.1) is 6.92 Å². The minimum absolute atomic E-state index is 0.0848. The van der Waals surface area contributed by atoms with Crippen molar-refractivity contribution in [3.63, 3.8) is 0 Å². The number of hydrogen-bond donors (Lipinski definition) is 2. The normalized spacial score (nSPS) is 10.4. The van der Waals surface area contributed by atoms with E-state index in [0.717, 1.165) is 0 Å². The molecule has 0 aliphatic heterocycles. The molecule has 0 unspecified atom stereocenters. The molecule has 2 aromatic heterocycles. The highest BCUT2D eigenvalue weighted by molar-refractivity contribution is 5.89. The van der Waals surface area contributed by atoms with Gasteiger partial charge >= 0.3 is 5.97 Å². The van der Waals surface area contributed by atoms with E-state index >= 15 is 0 Å². The Labute approximate surface area is 107 Å². The third kappa shape index (κ3) is 3.63. The fourth-order valence-corrected chi connectivity index (χ4v) is 1.41. The van der Waals surface area contributed by atoms with Crippen LogP contribution in [0.1, 0.15) is 11.5 Å². The van der Waals surface area contributed by atoms with E-state index in [0.29, 0.717) is 11.6 Å². The van der Waals surface area contributed by atoms with Gasteiger partial charge in [0.15, 0.2) is 5.82 Å². The van der Waals surface area contributed by atoms with Crippen molar-refractivity contribution in [3.05, 3.63) is 23.7 Å². The SMILES string of the molecule is Cc1cc(NC(=O)Cn2cc(CC(=O)O)nn2)no1. The molecular formula is C10H11N5O4. The number of aromatic nitrogens is 4. The molecule has 9 heteroatoms. The molecule has 0 radical (unpaired) electrons. The number of carbonyl (C=O) groups excluding carboxylic acids is 1. The highest BCUT2D eigenvalue weighted by Gasteiger charge is 2.10. The first-order valence-electron chi connectivity index (χ1n) is 5.37. The Bertz CT molecular complexity index is 603. The molecule has 0 bridgehead atoms. The van der Waals surface area contributed by atoms with Crippen LogP contribution in [0.2, 0.25) is 0 Å². The summed E-state index contributed by atoms with van der Waals surface area (Å²) < 4.78 is 6.05. The van der Waals surface area contributed by atoms with Crippen LogP contribution in [0.5, 0.6) is 0 Å². The van der Waals surface area contributed by atoms with Crippen LogP contribution in [-0.4, -0.2) is 37.1 Å². The smallest absolute Gasteiger partial charge is 0.309 e. The Morgan fingerprint density at radius 1 is 1.53 bits per heavy atom. The quantitative estimate of drug-likeness (QED) is 0.769. The molecule has 0 atom stereocenters. The average molecular weight is 265 g/mol. The van der Waals surface area contributed by atoms with E-state index in [9.17, 15) is 9.59 Å². The van der Waals surface area contributed by atoms with E-state index in [1.165, 1.54) is 10.9 Å². The predicted molar refractivity (Wildman–Crippen MR) is 61.2 cm³/mol. The van der Waals surface area contributed by atoms with Crippen LogP contribution < -0.4 is 5.32 Å². The maximum Gasteiger partial charge on any atom is 0.309 e. The Hall–Kier alpha value is -2.71. The summed E-state index contributed by atoms with van der Waals surface area (Å²) in [4.78, 5) is 22.1. The summed E-state index contributed by atoms with van der Waals surface area (Å²) in [5.41, 5.74) is 0.289. The van der Waals surface area contributed by atoms with Gasteiger partial charge in [0.2, 0.25) is 5.91 Å². The summed E-state index contributed by atoms with van der Waals surface area (Å²) in [7, 11) is 0. The lowest BCUT2D eigenvalue weighted by atomic mass is 10.3. The lowest BCUT2D eigenvalue weighted by Crippen LogP contribution is -2.19. The Morgan fingerprint density at radius 3 is 2.95 bits per heavy atom. The number of carboxylic acids is 1. The van der Waals surface area contributed by atoms with Crippen molar-refractivity contribution in [3.8, 4) is 0 Å². The van der Waals surface area contributed by atoms with E-state index < -0.39 is 5.97 Å². The van der Waals surface area contributed by atoms with Crippen molar-refractivity contribution in [2.45, 2.75) is 19.9 Å². The lowest BCUT2D eigenvalue weighted by Gasteiger charge is -1.99. The molecule has 2 N–H and O–H groups in total. The largest absolute Gasteiger partial charge is 0.481 e. The molecule has 1 amide bonds. The Morgan fingerprint density at radius 2 is 2.32 bits per heavy atom. The van der Waals surface area contributed by atoms with Gasteiger partial charge < -0.3 is 14.9 Å². The molecule has 2 rings (SSSR count). The first-order chi connectivity index (χ1) is 9.02. The number of rotatable bonds is 5. The van der Waals surface area contributed by atoms with Gasteiger partial charge in [-0.25, -0.2) is 4.68 Å². The summed E-state index contributed by atoms with van der Waals surface area (Å²) in [6.45, 7) is 1.62. The molecule has 0 saturated heterocycles. The zero-order valence-electron chi connectivity index (χ0n) is 10.0. The fourth-order valence-electron chi connectivity index (χ4n) is 1.41. The second kappa shape index (κ2) is 5.29. The van der Waals surface area contributed by atoms with Gasteiger partial charge in [0.1, 0.15) is 12.3 Å². The molecule has 0 spiro atoms. The van der Waals surface area contributed by atoms with Crippen molar-refractivity contribution >= 4 is 17.7 Å². The molecule has 19 heavy (non-hydrogen) atoms. The maximum atomic E-state index is 11.6. The molecular weight excluding hydrogens is 254 g/mol. The number of hydrogen-bond acceptors (Lipinski definition) is 6. The third-order valence-corrected chi connectivity index (χ3v) is 2.12. The number of nitrogens with zero attached hydrogens (tertiary/aromatic N) is 4. The number of anilines is 1. The third-order valence-electron chi connectivity index (χ3n) is 2.12. The number of carboxylic acid groups (broad SMARTS) is 1. The Balaban J connectivity index is 1.91. The Kier molecular flexibility index (Phi) is 3.55. The van der Waals surface area contributed by atoms with Gasteiger partial charge in [-0.1, -0.05) is 10.4 Å². The highest BCUT2D eigenvalue weighted by atomic mass is 16.5. The summed E-state index contributed by atoms with van der Waals surface area (Å²) in [5.74, 6) is -0.470. The van der Waals surface area contributed by atoms with Gasteiger partial charge in [0, 0.05) is 12.3 Å². The molecule has 9 nitrogen and oxygen atoms in total. The lowest BCUT2D eigenvalue weighted by molar-refractivity contribution is -0.136. The van der Waals surface area contributed by atoms with Crippen molar-refractivity contribution < 1.29 is 19.2 Å².